The van der Waals surface area contributed by atoms with Crippen molar-refractivity contribution in [3.05, 3.63) is 58.2 Å². The number of hydrogen-bond donors (Lipinski definition) is 2. The van der Waals surface area contributed by atoms with Crippen molar-refractivity contribution >= 4 is 22.2 Å². The van der Waals surface area contributed by atoms with E-state index in [1.54, 1.807) is 11.3 Å². The number of pyridine rings is 1. The molecule has 0 saturated heterocycles. The summed E-state index contributed by atoms with van der Waals surface area (Å²) < 4.78 is 0. The van der Waals surface area contributed by atoms with E-state index in [1.807, 2.05) is 37.5 Å². The van der Waals surface area contributed by atoms with E-state index in [-0.39, 0.29) is 6.04 Å². The van der Waals surface area contributed by atoms with Crippen LogP contribution < -0.4 is 11.3 Å². The van der Waals surface area contributed by atoms with E-state index >= 15 is 0 Å². The summed E-state index contributed by atoms with van der Waals surface area (Å²) in [7, 11) is 0. The van der Waals surface area contributed by atoms with Crippen LogP contribution in [0, 0.1) is 6.92 Å². The lowest BCUT2D eigenvalue weighted by molar-refractivity contribution is 0.644. The number of benzene rings is 1. The second-order valence-corrected chi connectivity index (χ2v) is 5.61. The number of aromatic nitrogens is 2. The molecule has 1 unspecified atom stereocenters. The van der Waals surface area contributed by atoms with Gasteiger partial charge in [-0.05, 0) is 24.6 Å². The standard InChI is InChI=1S/C14H14N4S/c1-9-16-8-13(19-9)14(18-15)11-6-10-4-2-3-5-12(10)17-7-11/h2-8,14,18H,15H2,1H3. The fourth-order valence-electron chi connectivity index (χ4n) is 2.10. The minimum atomic E-state index is -0.0664. The highest BCUT2D eigenvalue weighted by atomic mass is 32.1. The molecule has 3 rings (SSSR count). The molecule has 0 saturated carbocycles. The van der Waals surface area contributed by atoms with E-state index in [2.05, 4.69) is 27.5 Å². The van der Waals surface area contributed by atoms with Crippen LogP contribution in [-0.2, 0) is 0 Å². The summed E-state index contributed by atoms with van der Waals surface area (Å²) in [5.74, 6) is 5.69. The van der Waals surface area contributed by atoms with Gasteiger partial charge in [0.15, 0.2) is 0 Å². The van der Waals surface area contributed by atoms with E-state index < -0.39 is 0 Å². The Balaban J connectivity index is 2.06. The molecule has 0 bridgehead atoms. The Kier molecular flexibility index (Phi) is 3.25. The van der Waals surface area contributed by atoms with Crippen molar-refractivity contribution in [1.82, 2.24) is 15.4 Å². The summed E-state index contributed by atoms with van der Waals surface area (Å²) in [5.41, 5.74) is 4.88. The molecule has 1 aromatic carbocycles. The van der Waals surface area contributed by atoms with E-state index in [4.69, 9.17) is 5.84 Å². The summed E-state index contributed by atoms with van der Waals surface area (Å²) in [4.78, 5) is 9.84. The molecular weight excluding hydrogens is 256 g/mol. The fraction of sp³-hybridized carbons (Fsp3) is 0.143. The molecule has 0 radical (unpaired) electrons. The molecule has 0 aliphatic carbocycles. The van der Waals surface area contributed by atoms with Crippen molar-refractivity contribution in [2.75, 3.05) is 0 Å². The molecule has 0 aliphatic heterocycles. The number of thiazole rings is 1. The van der Waals surface area contributed by atoms with Gasteiger partial charge in [0.2, 0.25) is 0 Å². The van der Waals surface area contributed by atoms with Gasteiger partial charge in [0.1, 0.15) is 0 Å². The van der Waals surface area contributed by atoms with Crippen LogP contribution in [-0.4, -0.2) is 9.97 Å². The molecule has 19 heavy (non-hydrogen) atoms. The summed E-state index contributed by atoms with van der Waals surface area (Å²) in [6, 6.07) is 10.1. The van der Waals surface area contributed by atoms with Gasteiger partial charge < -0.3 is 0 Å². The van der Waals surface area contributed by atoms with Crippen LogP contribution in [0.2, 0.25) is 0 Å². The van der Waals surface area contributed by atoms with Crippen molar-refractivity contribution in [3.8, 4) is 0 Å². The molecule has 2 aromatic heterocycles. The molecule has 0 amide bonds. The minimum Gasteiger partial charge on any atom is -0.271 e. The highest BCUT2D eigenvalue weighted by Gasteiger charge is 2.15. The summed E-state index contributed by atoms with van der Waals surface area (Å²) in [6.07, 6.45) is 3.72. The van der Waals surface area contributed by atoms with Crippen molar-refractivity contribution < 1.29 is 0 Å². The Hall–Kier alpha value is -1.82. The van der Waals surface area contributed by atoms with Crippen molar-refractivity contribution in [3.63, 3.8) is 0 Å². The average molecular weight is 270 g/mol. The quantitative estimate of drug-likeness (QED) is 0.567. The first-order valence-corrected chi connectivity index (χ1v) is 6.83. The van der Waals surface area contributed by atoms with Gasteiger partial charge in [0.05, 0.1) is 16.6 Å². The number of hydrazine groups is 1. The predicted octanol–water partition coefficient (Wildman–Crippen LogP) is 2.55. The first-order chi connectivity index (χ1) is 9.28. The zero-order valence-electron chi connectivity index (χ0n) is 10.5. The fourth-order valence-corrected chi connectivity index (χ4v) is 2.97. The summed E-state index contributed by atoms with van der Waals surface area (Å²) in [5, 5.41) is 2.14. The monoisotopic (exact) mass is 270 g/mol. The molecule has 1 atom stereocenters. The van der Waals surface area contributed by atoms with Gasteiger partial charge in [-0.2, -0.15) is 0 Å². The summed E-state index contributed by atoms with van der Waals surface area (Å²) >= 11 is 1.64. The minimum absolute atomic E-state index is 0.0664. The third kappa shape index (κ3) is 2.35. The molecule has 0 aliphatic rings. The number of fused-ring (bicyclic) bond motifs is 1. The zero-order valence-corrected chi connectivity index (χ0v) is 11.3. The number of nitrogens with one attached hydrogen (secondary N) is 1. The number of aryl methyl sites for hydroxylation is 1. The van der Waals surface area contributed by atoms with E-state index in [1.165, 1.54) is 0 Å². The molecule has 2 heterocycles. The molecular formula is C14H14N4S. The largest absolute Gasteiger partial charge is 0.271 e. The van der Waals surface area contributed by atoms with Crippen LogP contribution >= 0.6 is 11.3 Å². The van der Waals surface area contributed by atoms with Gasteiger partial charge >= 0.3 is 0 Å². The highest BCUT2D eigenvalue weighted by Crippen LogP contribution is 2.27. The Labute approximate surface area is 115 Å². The molecule has 5 heteroatoms. The maximum absolute atomic E-state index is 5.69. The van der Waals surface area contributed by atoms with Gasteiger partial charge in [-0.3, -0.25) is 10.8 Å². The second-order valence-electron chi connectivity index (χ2n) is 4.34. The van der Waals surface area contributed by atoms with Gasteiger partial charge in [-0.1, -0.05) is 18.2 Å². The van der Waals surface area contributed by atoms with Gasteiger partial charge in [0.25, 0.3) is 0 Å². The molecule has 4 nitrogen and oxygen atoms in total. The molecule has 3 aromatic rings. The first-order valence-electron chi connectivity index (χ1n) is 6.01. The van der Waals surface area contributed by atoms with E-state index in [9.17, 15) is 0 Å². The van der Waals surface area contributed by atoms with Gasteiger partial charge in [-0.15, -0.1) is 11.3 Å². The zero-order chi connectivity index (χ0) is 13.2. The van der Waals surface area contributed by atoms with Crippen LogP contribution in [0.15, 0.2) is 42.7 Å². The summed E-state index contributed by atoms with van der Waals surface area (Å²) in [6.45, 7) is 1.99. The lowest BCUT2D eigenvalue weighted by Gasteiger charge is -2.14. The van der Waals surface area contributed by atoms with Crippen LogP contribution in [0.1, 0.15) is 21.5 Å². The Bertz CT molecular complexity index is 707. The third-order valence-electron chi connectivity index (χ3n) is 3.04. The molecule has 0 spiro atoms. The van der Waals surface area contributed by atoms with E-state index in [0.29, 0.717) is 0 Å². The van der Waals surface area contributed by atoms with E-state index in [0.717, 1.165) is 26.4 Å². The number of nitrogens with zero attached hydrogens (tertiary/aromatic N) is 2. The van der Waals surface area contributed by atoms with Crippen molar-refractivity contribution in [2.45, 2.75) is 13.0 Å². The maximum atomic E-state index is 5.69. The second kappa shape index (κ2) is 5.05. The molecule has 96 valence electrons. The van der Waals surface area contributed by atoms with Crippen molar-refractivity contribution in [1.29, 1.82) is 0 Å². The normalized spacial score (nSPS) is 12.7. The van der Waals surface area contributed by atoms with Gasteiger partial charge in [0, 0.05) is 22.7 Å². The van der Waals surface area contributed by atoms with Gasteiger partial charge in [-0.25, -0.2) is 10.4 Å². The SMILES string of the molecule is Cc1ncc(C(NN)c2cnc3ccccc3c2)s1. The number of hydrogen-bond acceptors (Lipinski definition) is 5. The topological polar surface area (TPSA) is 63.8 Å². The first kappa shape index (κ1) is 12.2. The Morgan fingerprint density at radius 1 is 1.21 bits per heavy atom. The van der Waals surface area contributed by atoms with Crippen molar-refractivity contribution in [2.24, 2.45) is 5.84 Å². The van der Waals surface area contributed by atoms with Crippen LogP contribution in [0.25, 0.3) is 10.9 Å². The Morgan fingerprint density at radius 3 is 2.79 bits per heavy atom. The maximum Gasteiger partial charge on any atom is 0.0897 e. The predicted molar refractivity (Wildman–Crippen MR) is 77.8 cm³/mol. The molecule has 0 fully saturated rings. The highest BCUT2D eigenvalue weighted by molar-refractivity contribution is 7.11. The number of nitrogens with two attached hydrogens (primary N) is 1. The van der Waals surface area contributed by atoms with Crippen LogP contribution in [0.5, 0.6) is 0 Å². The average Bonchev–Trinajstić information content (AvgIpc) is 2.86. The smallest absolute Gasteiger partial charge is 0.0897 e. The van der Waals surface area contributed by atoms with Crippen LogP contribution in [0.4, 0.5) is 0 Å². The lowest BCUT2D eigenvalue weighted by Crippen LogP contribution is -2.28. The third-order valence-corrected chi connectivity index (χ3v) is 4.01. The van der Waals surface area contributed by atoms with Crippen LogP contribution in [0.3, 0.4) is 0 Å². The number of rotatable bonds is 3. The number of para-hydroxylation sites is 1. The lowest BCUT2D eigenvalue weighted by atomic mass is 10.1. The molecule has 3 N–H and O–H groups in total. The Morgan fingerprint density at radius 2 is 2.05 bits per heavy atom.